The van der Waals surface area contributed by atoms with Gasteiger partial charge >= 0.3 is 0 Å². The Morgan fingerprint density at radius 2 is 2.04 bits per heavy atom. The van der Waals surface area contributed by atoms with Gasteiger partial charge in [-0.05, 0) is 56.7 Å². The van der Waals surface area contributed by atoms with E-state index in [2.05, 4.69) is 17.4 Å². The van der Waals surface area contributed by atoms with Crippen molar-refractivity contribution in [2.75, 3.05) is 13.7 Å². The fourth-order valence-corrected chi connectivity index (χ4v) is 3.28. The molecule has 1 aromatic carbocycles. The Morgan fingerprint density at radius 3 is 2.68 bits per heavy atom. The molecular formula is C20H30N2O3. The van der Waals surface area contributed by atoms with E-state index in [9.17, 15) is 9.59 Å². The molecule has 2 atom stereocenters. The molecule has 1 aliphatic rings. The van der Waals surface area contributed by atoms with Crippen LogP contribution in [0.2, 0.25) is 0 Å². The standard InChI is InChI=1S/C20H30N2O3/c1-4-6-19(23)22-14-5-7-18(22)20(24)21-15(2)8-9-16-10-12-17(25-3)13-11-16/h10-13,15,18H,4-9,14H2,1-3H3,(H,21,24)/t15-,18+/m1/s1. The third-order valence-electron chi connectivity index (χ3n) is 4.75. The lowest BCUT2D eigenvalue weighted by Gasteiger charge is -2.25. The van der Waals surface area contributed by atoms with E-state index in [0.717, 1.165) is 37.9 Å². The number of carbonyl (C=O) groups is 2. The van der Waals surface area contributed by atoms with Crippen LogP contribution < -0.4 is 10.1 Å². The topological polar surface area (TPSA) is 58.6 Å². The van der Waals surface area contributed by atoms with E-state index in [1.54, 1.807) is 12.0 Å². The first-order valence-corrected chi connectivity index (χ1v) is 9.28. The second-order valence-electron chi connectivity index (χ2n) is 6.79. The van der Waals surface area contributed by atoms with Crippen LogP contribution >= 0.6 is 0 Å². The number of methoxy groups -OCH3 is 1. The Labute approximate surface area is 150 Å². The van der Waals surface area contributed by atoms with Gasteiger partial charge in [0.2, 0.25) is 11.8 Å². The summed E-state index contributed by atoms with van der Waals surface area (Å²) in [4.78, 5) is 26.5. The van der Waals surface area contributed by atoms with Crippen LogP contribution in [0.4, 0.5) is 0 Å². The molecule has 138 valence electrons. The maximum atomic E-state index is 12.5. The molecule has 1 fully saturated rings. The molecule has 1 aliphatic heterocycles. The molecule has 1 saturated heterocycles. The van der Waals surface area contributed by atoms with Gasteiger partial charge in [-0.15, -0.1) is 0 Å². The molecule has 2 amide bonds. The van der Waals surface area contributed by atoms with E-state index in [4.69, 9.17) is 4.74 Å². The van der Waals surface area contributed by atoms with Crippen molar-refractivity contribution in [2.45, 2.75) is 64.5 Å². The molecule has 0 spiro atoms. The summed E-state index contributed by atoms with van der Waals surface area (Å²) in [7, 11) is 1.66. The van der Waals surface area contributed by atoms with Crippen LogP contribution in [0.25, 0.3) is 0 Å². The normalized spacial score (nSPS) is 18.0. The van der Waals surface area contributed by atoms with Gasteiger partial charge in [0.15, 0.2) is 0 Å². The molecule has 1 N–H and O–H groups in total. The van der Waals surface area contributed by atoms with Crippen LogP contribution in [-0.4, -0.2) is 42.5 Å². The van der Waals surface area contributed by atoms with Crippen molar-refractivity contribution in [1.29, 1.82) is 0 Å². The third kappa shape index (κ3) is 5.48. The minimum atomic E-state index is -0.289. The van der Waals surface area contributed by atoms with Gasteiger partial charge in [-0.2, -0.15) is 0 Å². The van der Waals surface area contributed by atoms with Crippen molar-refractivity contribution in [3.63, 3.8) is 0 Å². The predicted octanol–water partition coefficient (Wildman–Crippen LogP) is 2.92. The van der Waals surface area contributed by atoms with Gasteiger partial charge in [0.25, 0.3) is 0 Å². The molecule has 2 rings (SSSR count). The van der Waals surface area contributed by atoms with Crippen LogP contribution in [0.3, 0.4) is 0 Å². The average Bonchev–Trinajstić information content (AvgIpc) is 3.10. The quantitative estimate of drug-likeness (QED) is 0.787. The average molecular weight is 346 g/mol. The van der Waals surface area contributed by atoms with E-state index in [1.165, 1.54) is 5.56 Å². The molecule has 1 heterocycles. The zero-order chi connectivity index (χ0) is 18.2. The van der Waals surface area contributed by atoms with E-state index < -0.39 is 0 Å². The maximum absolute atomic E-state index is 12.5. The lowest BCUT2D eigenvalue weighted by atomic mass is 10.1. The summed E-state index contributed by atoms with van der Waals surface area (Å²) in [6.45, 7) is 4.72. The highest BCUT2D eigenvalue weighted by molar-refractivity contribution is 5.88. The minimum absolute atomic E-state index is 0.0100. The van der Waals surface area contributed by atoms with E-state index in [1.807, 2.05) is 26.0 Å². The number of aryl methyl sites for hydroxylation is 1. The van der Waals surface area contributed by atoms with E-state index in [0.29, 0.717) is 13.0 Å². The number of nitrogens with one attached hydrogen (secondary N) is 1. The van der Waals surface area contributed by atoms with Gasteiger partial charge in [0, 0.05) is 19.0 Å². The van der Waals surface area contributed by atoms with Crippen molar-refractivity contribution < 1.29 is 14.3 Å². The number of nitrogens with zero attached hydrogens (tertiary/aromatic N) is 1. The van der Waals surface area contributed by atoms with Gasteiger partial charge in [-0.25, -0.2) is 0 Å². The molecule has 0 aliphatic carbocycles. The van der Waals surface area contributed by atoms with Crippen molar-refractivity contribution in [3.8, 4) is 5.75 Å². The van der Waals surface area contributed by atoms with E-state index >= 15 is 0 Å². The third-order valence-corrected chi connectivity index (χ3v) is 4.75. The number of likely N-dealkylation sites (tertiary alicyclic amines) is 1. The fourth-order valence-electron chi connectivity index (χ4n) is 3.28. The Balaban J connectivity index is 1.81. The Kier molecular flexibility index (Phi) is 7.29. The summed E-state index contributed by atoms with van der Waals surface area (Å²) in [5, 5.41) is 3.08. The highest BCUT2D eigenvalue weighted by Crippen LogP contribution is 2.19. The number of hydrogen-bond donors (Lipinski definition) is 1. The molecule has 1 aromatic rings. The number of ether oxygens (including phenoxy) is 1. The highest BCUT2D eigenvalue weighted by atomic mass is 16.5. The number of amides is 2. The van der Waals surface area contributed by atoms with Crippen LogP contribution in [-0.2, 0) is 16.0 Å². The Morgan fingerprint density at radius 1 is 1.32 bits per heavy atom. The first kappa shape index (κ1) is 19.3. The van der Waals surface area contributed by atoms with Crippen LogP contribution in [0.15, 0.2) is 24.3 Å². The molecule has 5 heteroatoms. The monoisotopic (exact) mass is 346 g/mol. The second-order valence-corrected chi connectivity index (χ2v) is 6.79. The Hall–Kier alpha value is -2.04. The minimum Gasteiger partial charge on any atom is -0.497 e. The molecule has 5 nitrogen and oxygen atoms in total. The fraction of sp³-hybridized carbons (Fsp3) is 0.600. The first-order valence-electron chi connectivity index (χ1n) is 9.28. The summed E-state index contributed by atoms with van der Waals surface area (Å²) < 4.78 is 5.16. The van der Waals surface area contributed by atoms with Crippen molar-refractivity contribution in [2.24, 2.45) is 0 Å². The largest absolute Gasteiger partial charge is 0.497 e. The van der Waals surface area contributed by atoms with E-state index in [-0.39, 0.29) is 23.9 Å². The maximum Gasteiger partial charge on any atom is 0.243 e. The smallest absolute Gasteiger partial charge is 0.243 e. The summed E-state index contributed by atoms with van der Waals surface area (Å²) in [5.41, 5.74) is 1.22. The second kappa shape index (κ2) is 9.44. The Bertz CT molecular complexity index is 571. The number of benzene rings is 1. The van der Waals surface area contributed by atoms with Crippen LogP contribution in [0.1, 0.15) is 51.5 Å². The van der Waals surface area contributed by atoms with Crippen molar-refractivity contribution in [3.05, 3.63) is 29.8 Å². The van der Waals surface area contributed by atoms with Gasteiger partial charge in [-0.3, -0.25) is 9.59 Å². The number of rotatable bonds is 8. The number of carbonyl (C=O) groups excluding carboxylic acids is 2. The lowest BCUT2D eigenvalue weighted by Crippen LogP contribution is -2.48. The molecule has 0 aromatic heterocycles. The summed E-state index contributed by atoms with van der Waals surface area (Å²) in [6.07, 6.45) is 4.79. The molecule has 0 unspecified atom stereocenters. The molecule has 0 saturated carbocycles. The van der Waals surface area contributed by atoms with Crippen molar-refractivity contribution >= 4 is 11.8 Å². The predicted molar refractivity (Wildman–Crippen MR) is 98.6 cm³/mol. The summed E-state index contributed by atoms with van der Waals surface area (Å²) in [6, 6.07) is 7.80. The molecule has 25 heavy (non-hydrogen) atoms. The zero-order valence-corrected chi connectivity index (χ0v) is 15.6. The number of hydrogen-bond acceptors (Lipinski definition) is 3. The van der Waals surface area contributed by atoms with Gasteiger partial charge < -0.3 is 15.0 Å². The van der Waals surface area contributed by atoms with Gasteiger partial charge in [-0.1, -0.05) is 19.1 Å². The molecule has 0 bridgehead atoms. The van der Waals surface area contributed by atoms with Crippen LogP contribution in [0, 0.1) is 0 Å². The zero-order valence-electron chi connectivity index (χ0n) is 15.6. The summed E-state index contributed by atoms with van der Waals surface area (Å²) in [5.74, 6) is 0.943. The lowest BCUT2D eigenvalue weighted by molar-refractivity contribution is -0.138. The molecule has 0 radical (unpaired) electrons. The van der Waals surface area contributed by atoms with Crippen LogP contribution in [0.5, 0.6) is 5.75 Å². The SMILES string of the molecule is CCCC(=O)N1CCC[C@H]1C(=O)N[C@H](C)CCc1ccc(OC)cc1. The summed E-state index contributed by atoms with van der Waals surface area (Å²) >= 11 is 0. The molecular weight excluding hydrogens is 316 g/mol. The van der Waals surface area contributed by atoms with Gasteiger partial charge in [0.05, 0.1) is 7.11 Å². The van der Waals surface area contributed by atoms with Crippen molar-refractivity contribution in [1.82, 2.24) is 10.2 Å². The van der Waals surface area contributed by atoms with Gasteiger partial charge in [0.1, 0.15) is 11.8 Å². The first-order chi connectivity index (χ1) is 12.0. The highest BCUT2D eigenvalue weighted by Gasteiger charge is 2.33.